The molecule has 0 aromatic heterocycles. The molecule has 1 heterocycles. The van der Waals surface area contributed by atoms with Crippen molar-refractivity contribution in [2.24, 2.45) is 0 Å². The van der Waals surface area contributed by atoms with Crippen LogP contribution in [0.1, 0.15) is 32.3 Å². The summed E-state index contributed by atoms with van der Waals surface area (Å²) in [5.74, 6) is 0. The Kier molecular flexibility index (Phi) is 9.23. The summed E-state index contributed by atoms with van der Waals surface area (Å²) in [6, 6.07) is 9.52. The van der Waals surface area contributed by atoms with Gasteiger partial charge in [-0.1, -0.05) is 26.0 Å². The van der Waals surface area contributed by atoms with Gasteiger partial charge in [-0.15, -0.1) is 24.8 Å². The van der Waals surface area contributed by atoms with E-state index in [1.54, 1.807) is 0 Å². The third-order valence-corrected chi connectivity index (χ3v) is 3.51. The van der Waals surface area contributed by atoms with Crippen molar-refractivity contribution in [1.82, 2.24) is 10.2 Å². The zero-order chi connectivity index (χ0) is 13.0. The third kappa shape index (κ3) is 6.31. The van der Waals surface area contributed by atoms with Gasteiger partial charge in [0.2, 0.25) is 0 Å². The number of hydrogen-bond donors (Lipinski definition) is 2. The molecule has 1 aliphatic rings. The molecule has 1 saturated heterocycles. The van der Waals surface area contributed by atoms with Crippen LogP contribution in [0.2, 0.25) is 0 Å². The molecule has 5 heteroatoms. The SMILES string of the molecule is CC(C)NC1CCN(Cc2cccc(N)c2)CC1.Cl.Cl. The van der Waals surface area contributed by atoms with E-state index in [1.807, 2.05) is 12.1 Å². The van der Waals surface area contributed by atoms with Crippen LogP contribution in [0.15, 0.2) is 24.3 Å². The van der Waals surface area contributed by atoms with Crippen LogP contribution in [0.4, 0.5) is 5.69 Å². The van der Waals surface area contributed by atoms with E-state index in [9.17, 15) is 0 Å². The van der Waals surface area contributed by atoms with Crippen LogP contribution in [0.25, 0.3) is 0 Å². The highest BCUT2D eigenvalue weighted by atomic mass is 35.5. The first kappa shape index (κ1) is 19.5. The monoisotopic (exact) mass is 319 g/mol. The molecule has 0 unspecified atom stereocenters. The van der Waals surface area contributed by atoms with Gasteiger partial charge in [-0.25, -0.2) is 0 Å². The summed E-state index contributed by atoms with van der Waals surface area (Å²) in [6.07, 6.45) is 2.50. The lowest BCUT2D eigenvalue weighted by atomic mass is 10.0. The first-order valence-corrected chi connectivity index (χ1v) is 6.96. The Hall–Kier alpha value is -0.480. The van der Waals surface area contributed by atoms with E-state index in [4.69, 9.17) is 5.73 Å². The molecule has 3 nitrogen and oxygen atoms in total. The van der Waals surface area contributed by atoms with Crippen LogP contribution in [0, 0.1) is 0 Å². The number of nitrogens with two attached hydrogens (primary N) is 1. The third-order valence-electron chi connectivity index (χ3n) is 3.51. The maximum absolute atomic E-state index is 5.81. The van der Waals surface area contributed by atoms with Gasteiger partial charge in [0, 0.05) is 24.3 Å². The van der Waals surface area contributed by atoms with Crippen LogP contribution in [0.3, 0.4) is 0 Å². The minimum absolute atomic E-state index is 0. The average Bonchev–Trinajstić information content (AvgIpc) is 2.31. The van der Waals surface area contributed by atoms with Crippen LogP contribution in [-0.4, -0.2) is 30.1 Å². The lowest BCUT2D eigenvalue weighted by Gasteiger charge is -2.33. The molecule has 0 aliphatic carbocycles. The van der Waals surface area contributed by atoms with Crippen molar-refractivity contribution in [2.75, 3.05) is 18.8 Å². The molecule has 0 bridgehead atoms. The minimum atomic E-state index is 0. The van der Waals surface area contributed by atoms with Gasteiger partial charge in [-0.3, -0.25) is 4.90 Å². The Labute approximate surface area is 135 Å². The molecule has 3 N–H and O–H groups in total. The van der Waals surface area contributed by atoms with E-state index >= 15 is 0 Å². The zero-order valence-electron chi connectivity index (χ0n) is 12.3. The van der Waals surface area contributed by atoms with Crippen molar-refractivity contribution in [3.63, 3.8) is 0 Å². The molecule has 1 aliphatic heterocycles. The summed E-state index contributed by atoms with van der Waals surface area (Å²) < 4.78 is 0. The largest absolute Gasteiger partial charge is 0.399 e. The van der Waals surface area contributed by atoms with Gasteiger partial charge >= 0.3 is 0 Å². The number of benzene rings is 1. The Morgan fingerprint density at radius 3 is 2.45 bits per heavy atom. The molecule has 0 spiro atoms. The number of halogens is 2. The van der Waals surface area contributed by atoms with Crippen LogP contribution in [-0.2, 0) is 6.54 Å². The van der Waals surface area contributed by atoms with Crippen molar-refractivity contribution < 1.29 is 0 Å². The highest BCUT2D eigenvalue weighted by Gasteiger charge is 2.19. The van der Waals surface area contributed by atoms with Crippen molar-refractivity contribution >= 4 is 30.5 Å². The first-order valence-electron chi connectivity index (χ1n) is 6.96. The summed E-state index contributed by atoms with van der Waals surface area (Å²) in [7, 11) is 0. The highest BCUT2D eigenvalue weighted by Crippen LogP contribution is 2.15. The molecule has 20 heavy (non-hydrogen) atoms. The van der Waals surface area contributed by atoms with Gasteiger partial charge in [-0.2, -0.15) is 0 Å². The molecular weight excluding hydrogens is 293 g/mol. The predicted molar refractivity (Wildman–Crippen MR) is 91.9 cm³/mol. The fourth-order valence-electron chi connectivity index (χ4n) is 2.68. The molecule has 0 saturated carbocycles. The van der Waals surface area contributed by atoms with Crippen LogP contribution < -0.4 is 11.1 Å². The standard InChI is InChI=1S/C15H25N3.2ClH/c1-12(2)17-15-6-8-18(9-7-15)11-13-4-3-5-14(16)10-13;;/h3-5,10,12,15,17H,6-9,11,16H2,1-2H3;2*1H. The number of nitrogens with zero attached hydrogens (tertiary/aromatic N) is 1. The van der Waals surface area contributed by atoms with E-state index in [-0.39, 0.29) is 24.8 Å². The Morgan fingerprint density at radius 2 is 1.90 bits per heavy atom. The smallest absolute Gasteiger partial charge is 0.0317 e. The van der Waals surface area contributed by atoms with Crippen molar-refractivity contribution in [2.45, 2.75) is 45.3 Å². The molecule has 1 aromatic rings. The summed E-state index contributed by atoms with van der Waals surface area (Å²) >= 11 is 0. The maximum atomic E-state index is 5.81. The van der Waals surface area contributed by atoms with Gasteiger partial charge < -0.3 is 11.1 Å². The van der Waals surface area contributed by atoms with Crippen LogP contribution in [0.5, 0.6) is 0 Å². The fraction of sp³-hybridized carbons (Fsp3) is 0.600. The second-order valence-electron chi connectivity index (χ2n) is 5.62. The Morgan fingerprint density at radius 1 is 1.25 bits per heavy atom. The second kappa shape index (κ2) is 9.46. The second-order valence-corrected chi connectivity index (χ2v) is 5.62. The average molecular weight is 320 g/mol. The molecule has 1 aromatic carbocycles. The van der Waals surface area contributed by atoms with E-state index in [0.717, 1.165) is 12.2 Å². The lowest BCUT2D eigenvalue weighted by Crippen LogP contribution is -2.44. The Bertz CT molecular complexity index is 377. The lowest BCUT2D eigenvalue weighted by molar-refractivity contribution is 0.186. The fourth-order valence-corrected chi connectivity index (χ4v) is 2.68. The summed E-state index contributed by atoms with van der Waals surface area (Å²) in [5.41, 5.74) is 8.00. The molecule has 0 atom stereocenters. The first-order chi connectivity index (χ1) is 8.63. The number of likely N-dealkylation sites (tertiary alicyclic amines) is 1. The summed E-state index contributed by atoms with van der Waals surface area (Å²) in [6.45, 7) is 7.83. The normalized spacial score (nSPS) is 16.6. The molecular formula is C15H27Cl2N3. The summed E-state index contributed by atoms with van der Waals surface area (Å²) in [5, 5.41) is 3.63. The molecule has 1 fully saturated rings. The van der Waals surface area contributed by atoms with Gasteiger partial charge in [0.05, 0.1) is 0 Å². The van der Waals surface area contributed by atoms with Crippen molar-refractivity contribution in [3.05, 3.63) is 29.8 Å². The maximum Gasteiger partial charge on any atom is 0.0317 e. The van der Waals surface area contributed by atoms with Crippen molar-refractivity contribution in [3.8, 4) is 0 Å². The van der Waals surface area contributed by atoms with E-state index in [2.05, 4.69) is 36.2 Å². The zero-order valence-corrected chi connectivity index (χ0v) is 14.0. The highest BCUT2D eigenvalue weighted by molar-refractivity contribution is 5.85. The molecule has 0 radical (unpaired) electrons. The summed E-state index contributed by atoms with van der Waals surface area (Å²) in [4.78, 5) is 2.52. The number of nitrogens with one attached hydrogen (secondary N) is 1. The van der Waals surface area contributed by atoms with Crippen molar-refractivity contribution in [1.29, 1.82) is 0 Å². The topological polar surface area (TPSA) is 41.3 Å². The van der Waals surface area contributed by atoms with Gasteiger partial charge in [0.15, 0.2) is 0 Å². The molecule has 116 valence electrons. The van der Waals surface area contributed by atoms with Gasteiger partial charge in [0.1, 0.15) is 0 Å². The minimum Gasteiger partial charge on any atom is -0.399 e. The molecule has 0 amide bonds. The van der Waals surface area contributed by atoms with Crippen LogP contribution >= 0.6 is 24.8 Å². The predicted octanol–water partition coefficient (Wildman–Crippen LogP) is 3.07. The number of piperidine rings is 1. The number of rotatable bonds is 4. The van der Waals surface area contributed by atoms with E-state index in [1.165, 1.54) is 31.5 Å². The quantitative estimate of drug-likeness (QED) is 0.838. The van der Waals surface area contributed by atoms with E-state index < -0.39 is 0 Å². The Balaban J connectivity index is 0.00000180. The van der Waals surface area contributed by atoms with Gasteiger partial charge in [0.25, 0.3) is 0 Å². The van der Waals surface area contributed by atoms with Gasteiger partial charge in [-0.05, 0) is 43.6 Å². The number of anilines is 1. The number of hydrogen-bond acceptors (Lipinski definition) is 3. The molecule has 2 rings (SSSR count). The van der Waals surface area contributed by atoms with E-state index in [0.29, 0.717) is 12.1 Å². The number of nitrogen functional groups attached to an aromatic ring is 1.